The first-order chi connectivity index (χ1) is 21.1. The van der Waals surface area contributed by atoms with E-state index >= 15 is 0 Å². The number of hydrazine groups is 1. The minimum atomic E-state index is -3.57. The zero-order chi connectivity index (χ0) is 32.7. The van der Waals surface area contributed by atoms with Crippen molar-refractivity contribution in [2.75, 3.05) is 31.9 Å². The normalized spacial score (nSPS) is 24.1. The van der Waals surface area contributed by atoms with Gasteiger partial charge in [0.1, 0.15) is 17.0 Å². The van der Waals surface area contributed by atoms with E-state index in [0.29, 0.717) is 56.2 Å². The zero-order valence-electron chi connectivity index (χ0n) is 27.6. The first kappa shape index (κ1) is 33.4. The number of sulfonamides is 1. The van der Waals surface area contributed by atoms with Crippen LogP contribution in [0.25, 0.3) is 0 Å². The van der Waals surface area contributed by atoms with Gasteiger partial charge in [-0.05, 0) is 108 Å². The largest absolute Gasteiger partial charge is 0.442 e. The lowest BCUT2D eigenvalue weighted by Gasteiger charge is -2.34. The molecule has 2 saturated heterocycles. The van der Waals surface area contributed by atoms with E-state index in [1.807, 2.05) is 13.8 Å². The van der Waals surface area contributed by atoms with Gasteiger partial charge in [0.15, 0.2) is 0 Å². The molecule has 11 nitrogen and oxygen atoms in total. The molecule has 1 N–H and O–H groups in total. The Bertz CT molecular complexity index is 1440. The second kappa shape index (κ2) is 12.7. The lowest BCUT2D eigenvalue weighted by atomic mass is 9.82. The average Bonchev–Trinajstić information content (AvgIpc) is 3.57. The van der Waals surface area contributed by atoms with Crippen LogP contribution in [0.5, 0.6) is 0 Å². The summed E-state index contributed by atoms with van der Waals surface area (Å²) in [7, 11) is -3.57. The molecule has 4 aliphatic rings. The topological polar surface area (TPSA) is 129 Å². The summed E-state index contributed by atoms with van der Waals surface area (Å²) in [4.78, 5) is 44.1. The molecule has 1 aliphatic carbocycles. The van der Waals surface area contributed by atoms with Gasteiger partial charge in [-0.25, -0.2) is 27.5 Å². The number of amidine groups is 1. The van der Waals surface area contributed by atoms with Crippen molar-refractivity contribution in [1.29, 1.82) is 0 Å². The van der Waals surface area contributed by atoms with E-state index in [0.717, 1.165) is 48.2 Å². The van der Waals surface area contributed by atoms with E-state index in [4.69, 9.17) is 9.73 Å². The van der Waals surface area contributed by atoms with Crippen molar-refractivity contribution in [1.82, 2.24) is 19.6 Å². The van der Waals surface area contributed by atoms with Crippen LogP contribution >= 0.6 is 0 Å². The fraction of sp³-hybridized carbons (Fsp3) is 0.697. The van der Waals surface area contributed by atoms with Crippen LogP contribution in [0.3, 0.4) is 0 Å². The maximum absolute atomic E-state index is 13.5. The maximum atomic E-state index is 13.5. The van der Waals surface area contributed by atoms with Crippen LogP contribution in [0.15, 0.2) is 17.1 Å². The Hall–Kier alpha value is -2.99. The number of nitrogens with zero attached hydrogens (tertiary/aromatic N) is 4. The smallest absolute Gasteiger partial charge is 0.429 e. The number of nitrogens with one attached hydrogen (secondary N) is 1. The highest BCUT2D eigenvalue weighted by Crippen LogP contribution is 2.36. The highest BCUT2D eigenvalue weighted by molar-refractivity contribution is 7.89. The summed E-state index contributed by atoms with van der Waals surface area (Å²) in [6.07, 6.45) is 5.55. The molecule has 1 spiro atoms. The van der Waals surface area contributed by atoms with Gasteiger partial charge in [0.25, 0.3) is 11.8 Å². The molecule has 0 radical (unpaired) electrons. The summed E-state index contributed by atoms with van der Waals surface area (Å²) < 4.78 is 33.9. The van der Waals surface area contributed by atoms with Gasteiger partial charge < -0.3 is 10.1 Å². The van der Waals surface area contributed by atoms with Gasteiger partial charge in [-0.3, -0.25) is 14.6 Å². The second-order valence-electron chi connectivity index (χ2n) is 14.4. The zero-order valence-corrected chi connectivity index (χ0v) is 28.5. The lowest BCUT2D eigenvalue weighted by Crippen LogP contribution is -2.51. The molecule has 3 fully saturated rings. The number of aryl methyl sites for hydroxylation is 2. The van der Waals surface area contributed by atoms with Crippen LogP contribution in [0.2, 0.25) is 0 Å². The van der Waals surface area contributed by atoms with E-state index in [1.165, 1.54) is 14.3 Å². The van der Waals surface area contributed by atoms with Gasteiger partial charge >= 0.3 is 6.09 Å². The van der Waals surface area contributed by atoms with Crippen molar-refractivity contribution < 1.29 is 27.5 Å². The molecule has 3 aliphatic heterocycles. The minimum Gasteiger partial charge on any atom is -0.442 e. The van der Waals surface area contributed by atoms with Crippen LogP contribution in [-0.2, 0) is 26.0 Å². The summed E-state index contributed by atoms with van der Waals surface area (Å²) >= 11 is 0. The molecular formula is C33H49N5O6S. The molecule has 0 atom stereocenters. The van der Waals surface area contributed by atoms with Crippen LogP contribution in [0.1, 0.15) is 99.7 Å². The number of rotatable bonds is 6. The summed E-state index contributed by atoms with van der Waals surface area (Å²) in [5.41, 5.74) is 1.47. The van der Waals surface area contributed by atoms with E-state index in [1.54, 1.807) is 32.9 Å². The third-order valence-electron chi connectivity index (χ3n) is 9.77. The number of ether oxygens (including phenoxy) is 1. The summed E-state index contributed by atoms with van der Waals surface area (Å²) in [5, 5.41) is 5.84. The number of aliphatic imine (C=N–C) groups is 1. The third-order valence-corrected chi connectivity index (χ3v) is 11.6. The number of hydrogen-bond acceptors (Lipinski definition) is 7. The summed E-state index contributed by atoms with van der Waals surface area (Å²) in [6, 6.07) is 3.55. The predicted molar refractivity (Wildman–Crippen MR) is 172 cm³/mol. The molecule has 0 unspecified atom stereocenters. The standard InChI is InChI=1S/C33H49N5O6S/c1-22-8-10-25(11-9-22)28-34-30(40)33(35-28)13-17-36(18-14-33)45(42,43)19-12-27-23(2)20-26(21-24(27)3)29(39)37-15-7-16-38(37)31(41)44-32(4,5)6/h20-22,25H,7-19H2,1-6H3,(H,34,35,40). The average molecular weight is 644 g/mol. The van der Waals surface area contributed by atoms with Crippen molar-refractivity contribution in [2.45, 2.75) is 104 Å². The van der Waals surface area contributed by atoms with E-state index < -0.39 is 27.3 Å². The molecule has 248 valence electrons. The van der Waals surface area contributed by atoms with Crippen molar-refractivity contribution in [3.8, 4) is 0 Å². The molecule has 1 saturated carbocycles. The van der Waals surface area contributed by atoms with Crippen LogP contribution in [-0.4, -0.2) is 89.6 Å². The Morgan fingerprint density at radius 3 is 2.20 bits per heavy atom. The number of hydrogen-bond donors (Lipinski definition) is 1. The van der Waals surface area contributed by atoms with Gasteiger partial charge in [-0.2, -0.15) is 0 Å². The molecule has 3 heterocycles. The molecule has 0 bridgehead atoms. The monoisotopic (exact) mass is 643 g/mol. The molecule has 12 heteroatoms. The quantitative estimate of drug-likeness (QED) is 0.491. The number of benzene rings is 1. The Labute approximate surface area is 267 Å². The van der Waals surface area contributed by atoms with Gasteiger partial charge in [-0.1, -0.05) is 19.8 Å². The maximum Gasteiger partial charge on any atom is 0.429 e. The van der Waals surface area contributed by atoms with Crippen molar-refractivity contribution >= 4 is 33.8 Å². The van der Waals surface area contributed by atoms with E-state index in [9.17, 15) is 22.8 Å². The SMILES string of the molecule is Cc1cc(C(=O)N2CCCN2C(=O)OC(C)(C)C)cc(C)c1CCS(=O)(=O)N1CCC2(CC1)N=C(C1CCC(C)CC1)NC2=O. The van der Waals surface area contributed by atoms with Crippen molar-refractivity contribution in [3.05, 3.63) is 34.4 Å². The highest BCUT2D eigenvalue weighted by Gasteiger charge is 2.48. The van der Waals surface area contributed by atoms with Gasteiger partial charge in [0, 0.05) is 37.7 Å². The molecular weight excluding hydrogens is 594 g/mol. The Kier molecular flexibility index (Phi) is 9.39. The molecule has 0 aromatic heterocycles. The van der Waals surface area contributed by atoms with Crippen molar-refractivity contribution in [3.63, 3.8) is 0 Å². The Morgan fingerprint density at radius 1 is 1.00 bits per heavy atom. The molecule has 1 aromatic rings. The fourth-order valence-electron chi connectivity index (χ4n) is 7.09. The molecule has 45 heavy (non-hydrogen) atoms. The van der Waals surface area contributed by atoms with Gasteiger partial charge in [0.2, 0.25) is 10.0 Å². The number of amides is 3. The van der Waals surface area contributed by atoms with Crippen LogP contribution < -0.4 is 5.32 Å². The molecule has 3 amide bonds. The van der Waals surface area contributed by atoms with Gasteiger partial charge in [-0.15, -0.1) is 0 Å². The van der Waals surface area contributed by atoms with Crippen LogP contribution in [0, 0.1) is 25.7 Å². The van der Waals surface area contributed by atoms with E-state index in [-0.39, 0.29) is 30.7 Å². The minimum absolute atomic E-state index is 0.0610. The predicted octanol–water partition coefficient (Wildman–Crippen LogP) is 4.36. The van der Waals surface area contributed by atoms with Crippen LogP contribution in [0.4, 0.5) is 4.79 Å². The summed E-state index contributed by atoms with van der Waals surface area (Å²) in [6.45, 7) is 12.8. The Morgan fingerprint density at radius 2 is 1.60 bits per heavy atom. The molecule has 5 rings (SSSR count). The highest BCUT2D eigenvalue weighted by atomic mass is 32.2. The number of carbonyl (C=O) groups is 3. The number of piperidine rings is 1. The van der Waals surface area contributed by atoms with E-state index in [2.05, 4.69) is 12.2 Å². The first-order valence-corrected chi connectivity index (χ1v) is 18.0. The third kappa shape index (κ3) is 7.21. The first-order valence-electron chi connectivity index (χ1n) is 16.4. The summed E-state index contributed by atoms with van der Waals surface area (Å²) in [5.74, 6) is 1.37. The molecule has 1 aromatic carbocycles. The lowest BCUT2D eigenvalue weighted by molar-refractivity contribution is -0.125. The second-order valence-corrected chi connectivity index (χ2v) is 16.5. The number of carbonyl (C=O) groups excluding carboxylic acids is 3. The Balaban J connectivity index is 1.20. The van der Waals surface area contributed by atoms with Crippen molar-refractivity contribution in [2.24, 2.45) is 16.8 Å². The fourth-order valence-corrected chi connectivity index (χ4v) is 8.55. The van der Waals surface area contributed by atoms with Gasteiger partial charge in [0.05, 0.1) is 5.75 Å².